The molecule has 0 saturated carbocycles. The standard InChI is InChI=1S/C16H21ClN2S/c1-19(10-12-5-4-8-18-9-12)11-15-16(17)13-6-2-3-7-14(13)20-15/h2-3,6-7,12,18H,4-5,8-11H2,1H3. The average Bonchev–Trinajstić information content (AvgIpc) is 2.77. The highest BCUT2D eigenvalue weighted by Crippen LogP contribution is 2.35. The fraction of sp³-hybridized carbons (Fsp3) is 0.500. The first-order valence-electron chi connectivity index (χ1n) is 7.29. The second-order valence-corrected chi connectivity index (χ2v) is 7.26. The summed E-state index contributed by atoms with van der Waals surface area (Å²) in [5.74, 6) is 0.780. The van der Waals surface area contributed by atoms with Gasteiger partial charge in [0, 0.05) is 28.1 Å². The van der Waals surface area contributed by atoms with Crippen molar-refractivity contribution in [2.24, 2.45) is 5.92 Å². The maximum atomic E-state index is 6.52. The van der Waals surface area contributed by atoms with Crippen LogP contribution in [0.1, 0.15) is 17.7 Å². The Morgan fingerprint density at radius 3 is 3.00 bits per heavy atom. The molecule has 1 atom stereocenters. The molecule has 1 aliphatic rings. The monoisotopic (exact) mass is 308 g/mol. The first-order valence-corrected chi connectivity index (χ1v) is 8.48. The van der Waals surface area contributed by atoms with Crippen LogP contribution in [-0.4, -0.2) is 31.6 Å². The van der Waals surface area contributed by atoms with Crippen molar-refractivity contribution in [1.82, 2.24) is 10.2 Å². The Labute approximate surface area is 129 Å². The average molecular weight is 309 g/mol. The molecule has 2 heterocycles. The minimum atomic E-state index is 0.780. The molecule has 0 bridgehead atoms. The Kier molecular flexibility index (Phi) is 4.61. The van der Waals surface area contributed by atoms with Crippen molar-refractivity contribution >= 4 is 33.0 Å². The minimum Gasteiger partial charge on any atom is -0.316 e. The Morgan fingerprint density at radius 1 is 1.40 bits per heavy atom. The van der Waals surface area contributed by atoms with Crippen LogP contribution in [-0.2, 0) is 6.54 Å². The Hall–Kier alpha value is -0.610. The number of benzene rings is 1. The quantitative estimate of drug-likeness (QED) is 0.919. The Balaban J connectivity index is 1.67. The van der Waals surface area contributed by atoms with E-state index >= 15 is 0 Å². The molecule has 3 rings (SSSR count). The smallest absolute Gasteiger partial charge is 0.0637 e. The van der Waals surface area contributed by atoms with Gasteiger partial charge in [-0.3, -0.25) is 0 Å². The van der Waals surface area contributed by atoms with Gasteiger partial charge in [-0.15, -0.1) is 11.3 Å². The van der Waals surface area contributed by atoms with E-state index in [9.17, 15) is 0 Å². The van der Waals surface area contributed by atoms with Crippen LogP contribution in [0.4, 0.5) is 0 Å². The Morgan fingerprint density at radius 2 is 2.25 bits per heavy atom. The van der Waals surface area contributed by atoms with Gasteiger partial charge < -0.3 is 10.2 Å². The molecule has 2 aromatic rings. The van der Waals surface area contributed by atoms with Gasteiger partial charge in [-0.05, 0) is 45.0 Å². The van der Waals surface area contributed by atoms with Gasteiger partial charge in [0.1, 0.15) is 0 Å². The number of thiophene rings is 1. The van der Waals surface area contributed by atoms with Crippen LogP contribution < -0.4 is 5.32 Å². The zero-order chi connectivity index (χ0) is 13.9. The van der Waals surface area contributed by atoms with Crippen molar-refractivity contribution in [3.63, 3.8) is 0 Å². The number of nitrogens with zero attached hydrogens (tertiary/aromatic N) is 1. The molecule has 1 N–H and O–H groups in total. The third kappa shape index (κ3) is 3.17. The third-order valence-corrected chi connectivity index (χ3v) is 5.68. The van der Waals surface area contributed by atoms with E-state index in [1.807, 2.05) is 11.3 Å². The van der Waals surface area contributed by atoms with Crippen molar-refractivity contribution in [2.45, 2.75) is 19.4 Å². The highest BCUT2D eigenvalue weighted by atomic mass is 35.5. The molecule has 0 radical (unpaired) electrons. The highest BCUT2D eigenvalue weighted by molar-refractivity contribution is 7.19. The number of hydrogen-bond acceptors (Lipinski definition) is 3. The van der Waals surface area contributed by atoms with Gasteiger partial charge in [-0.2, -0.15) is 0 Å². The lowest BCUT2D eigenvalue weighted by Gasteiger charge is -2.27. The molecule has 0 amide bonds. The van der Waals surface area contributed by atoms with E-state index in [-0.39, 0.29) is 0 Å². The van der Waals surface area contributed by atoms with Crippen molar-refractivity contribution in [3.8, 4) is 0 Å². The second-order valence-electron chi connectivity index (χ2n) is 5.74. The van der Waals surface area contributed by atoms with Gasteiger partial charge in [0.15, 0.2) is 0 Å². The lowest BCUT2D eigenvalue weighted by molar-refractivity contribution is 0.239. The number of halogens is 1. The van der Waals surface area contributed by atoms with Crippen LogP contribution in [0.5, 0.6) is 0 Å². The largest absolute Gasteiger partial charge is 0.316 e. The van der Waals surface area contributed by atoms with Gasteiger partial charge in [-0.25, -0.2) is 0 Å². The molecule has 1 aromatic carbocycles. The first kappa shape index (κ1) is 14.3. The van der Waals surface area contributed by atoms with Gasteiger partial charge in [-0.1, -0.05) is 29.8 Å². The predicted octanol–water partition coefficient (Wildman–Crippen LogP) is 3.99. The second kappa shape index (κ2) is 6.44. The van der Waals surface area contributed by atoms with Crippen molar-refractivity contribution in [1.29, 1.82) is 0 Å². The molecule has 0 aliphatic carbocycles. The molecule has 2 nitrogen and oxygen atoms in total. The van der Waals surface area contributed by atoms with Crippen LogP contribution in [0.3, 0.4) is 0 Å². The molecule has 1 aliphatic heterocycles. The molecule has 4 heteroatoms. The molecular formula is C16H21ClN2S. The van der Waals surface area contributed by atoms with Crippen LogP contribution in [0.15, 0.2) is 24.3 Å². The van der Waals surface area contributed by atoms with E-state index in [0.29, 0.717) is 0 Å². The summed E-state index contributed by atoms with van der Waals surface area (Å²) in [5, 5.41) is 5.63. The molecule has 0 spiro atoms. The fourth-order valence-electron chi connectivity index (χ4n) is 3.00. The van der Waals surface area contributed by atoms with E-state index in [2.05, 4.69) is 41.5 Å². The molecule has 108 valence electrons. The van der Waals surface area contributed by atoms with Crippen molar-refractivity contribution in [2.75, 3.05) is 26.7 Å². The molecule has 1 saturated heterocycles. The summed E-state index contributed by atoms with van der Waals surface area (Å²) < 4.78 is 1.29. The van der Waals surface area contributed by atoms with Gasteiger partial charge in [0.2, 0.25) is 0 Å². The van der Waals surface area contributed by atoms with Crippen LogP contribution in [0.2, 0.25) is 5.02 Å². The topological polar surface area (TPSA) is 15.3 Å². The maximum absolute atomic E-state index is 6.52. The summed E-state index contributed by atoms with van der Waals surface area (Å²) in [4.78, 5) is 3.70. The third-order valence-electron chi connectivity index (χ3n) is 3.98. The summed E-state index contributed by atoms with van der Waals surface area (Å²) in [5.41, 5.74) is 0. The Bertz CT molecular complexity index is 575. The normalized spacial score (nSPS) is 19.9. The molecule has 1 aromatic heterocycles. The van der Waals surface area contributed by atoms with E-state index in [4.69, 9.17) is 11.6 Å². The van der Waals surface area contributed by atoms with Crippen molar-refractivity contribution < 1.29 is 0 Å². The zero-order valence-corrected chi connectivity index (χ0v) is 13.4. The molecular weight excluding hydrogens is 288 g/mol. The molecule has 20 heavy (non-hydrogen) atoms. The molecule has 1 unspecified atom stereocenters. The van der Waals surface area contributed by atoms with E-state index in [0.717, 1.165) is 30.6 Å². The summed E-state index contributed by atoms with van der Waals surface area (Å²) in [6.45, 7) is 4.44. The van der Waals surface area contributed by atoms with Crippen LogP contribution in [0, 0.1) is 5.92 Å². The fourth-order valence-corrected chi connectivity index (χ4v) is 4.57. The summed E-state index contributed by atoms with van der Waals surface area (Å²) >= 11 is 8.34. The van der Waals surface area contributed by atoms with E-state index in [1.54, 1.807) is 0 Å². The highest BCUT2D eigenvalue weighted by Gasteiger charge is 2.17. The first-order chi connectivity index (χ1) is 9.74. The van der Waals surface area contributed by atoms with Gasteiger partial charge in [0.05, 0.1) is 5.02 Å². The summed E-state index contributed by atoms with van der Waals surface area (Å²) in [6, 6.07) is 8.40. The predicted molar refractivity (Wildman–Crippen MR) is 88.8 cm³/mol. The minimum absolute atomic E-state index is 0.780. The number of hydrogen-bond donors (Lipinski definition) is 1. The summed E-state index contributed by atoms with van der Waals surface area (Å²) in [7, 11) is 2.20. The van der Waals surface area contributed by atoms with Crippen molar-refractivity contribution in [3.05, 3.63) is 34.2 Å². The zero-order valence-electron chi connectivity index (χ0n) is 11.9. The number of piperidine rings is 1. The van der Waals surface area contributed by atoms with Crippen LogP contribution >= 0.6 is 22.9 Å². The van der Waals surface area contributed by atoms with E-state index in [1.165, 1.54) is 34.3 Å². The number of fused-ring (bicyclic) bond motifs is 1. The lowest BCUT2D eigenvalue weighted by Crippen LogP contribution is -2.36. The number of rotatable bonds is 4. The maximum Gasteiger partial charge on any atom is 0.0637 e. The van der Waals surface area contributed by atoms with Gasteiger partial charge >= 0.3 is 0 Å². The number of nitrogens with one attached hydrogen (secondary N) is 1. The summed E-state index contributed by atoms with van der Waals surface area (Å²) in [6.07, 6.45) is 2.65. The van der Waals surface area contributed by atoms with Crippen LogP contribution in [0.25, 0.3) is 10.1 Å². The van der Waals surface area contributed by atoms with E-state index < -0.39 is 0 Å². The lowest BCUT2D eigenvalue weighted by atomic mass is 9.99. The SMILES string of the molecule is CN(Cc1sc2ccccc2c1Cl)CC1CCCNC1. The van der Waals surface area contributed by atoms with Gasteiger partial charge in [0.25, 0.3) is 0 Å². The molecule has 1 fully saturated rings.